The molecule has 0 aromatic rings. The van der Waals surface area contributed by atoms with Crippen LogP contribution in [0.4, 0.5) is 0 Å². The first-order chi connectivity index (χ1) is 16.5. The van der Waals surface area contributed by atoms with Crippen LogP contribution in [0.15, 0.2) is 11.6 Å². The largest absolute Gasteiger partial charge is 0.463 e. The first-order valence-corrected chi connectivity index (χ1v) is 14.5. The van der Waals surface area contributed by atoms with Gasteiger partial charge in [-0.1, -0.05) is 39.3 Å². The van der Waals surface area contributed by atoms with E-state index < -0.39 is 0 Å². The van der Waals surface area contributed by atoms with Gasteiger partial charge in [-0.3, -0.25) is 9.59 Å². The van der Waals surface area contributed by atoms with Crippen molar-refractivity contribution in [3.8, 4) is 0 Å². The summed E-state index contributed by atoms with van der Waals surface area (Å²) in [4.78, 5) is 23.8. The molecule has 0 aromatic carbocycles. The fourth-order valence-corrected chi connectivity index (χ4v) is 9.45. The lowest BCUT2D eigenvalue weighted by Gasteiger charge is -2.62. The zero-order valence-corrected chi connectivity index (χ0v) is 23.4. The molecule has 0 aliphatic heterocycles. The van der Waals surface area contributed by atoms with Crippen LogP contribution in [-0.4, -0.2) is 24.1 Å². The molecule has 4 saturated carbocycles. The highest BCUT2D eigenvalue weighted by Crippen LogP contribution is 2.68. The first kappa shape index (κ1) is 26.7. The molecule has 198 valence electrons. The predicted octanol–water partition coefficient (Wildman–Crippen LogP) is 7.50. The molecule has 0 spiro atoms. The van der Waals surface area contributed by atoms with Gasteiger partial charge < -0.3 is 9.47 Å². The van der Waals surface area contributed by atoms with E-state index in [1.807, 2.05) is 0 Å². The monoisotopic (exact) mass is 486 g/mol. The fraction of sp³-hybridized carbons (Fsp3) is 0.871. The molecule has 4 nitrogen and oxygen atoms in total. The van der Waals surface area contributed by atoms with Gasteiger partial charge in [0, 0.05) is 19.8 Å². The Balaban J connectivity index is 1.57. The molecular weight excluding hydrogens is 436 g/mol. The van der Waals surface area contributed by atoms with E-state index in [9.17, 15) is 9.59 Å². The maximum atomic E-state index is 12.2. The molecule has 4 rings (SSSR count). The number of carbonyl (C=O) groups is 2. The summed E-state index contributed by atoms with van der Waals surface area (Å²) in [6.45, 7) is 15.1. The van der Waals surface area contributed by atoms with Gasteiger partial charge >= 0.3 is 11.9 Å². The van der Waals surface area contributed by atoms with Crippen molar-refractivity contribution in [2.75, 3.05) is 0 Å². The van der Waals surface area contributed by atoms with Crippen LogP contribution in [0, 0.1) is 46.3 Å². The highest BCUT2D eigenvalue weighted by molar-refractivity contribution is 5.66. The smallest absolute Gasteiger partial charge is 0.302 e. The van der Waals surface area contributed by atoms with E-state index in [4.69, 9.17) is 9.47 Å². The standard InChI is InChI=1S/C31H50O4/c1-19(2)9-8-10-20(3)25-11-12-26-24-18-29(35-22(5)33)28-17-23(34-21(4)32)13-15-31(28,7)27(24)14-16-30(25,26)6/h10,19,23-29H,8-9,11-18H2,1-7H3/b20-10-/t23-,24-,25+,26-,27-,28+,29-,30+,31+/m0/s1. The van der Waals surface area contributed by atoms with Gasteiger partial charge in [0.25, 0.3) is 0 Å². The van der Waals surface area contributed by atoms with Crippen molar-refractivity contribution < 1.29 is 19.1 Å². The van der Waals surface area contributed by atoms with Crippen LogP contribution in [0.1, 0.15) is 113 Å². The molecule has 0 aromatic heterocycles. The van der Waals surface area contributed by atoms with Crippen molar-refractivity contribution >= 4 is 11.9 Å². The Morgan fingerprint density at radius 1 is 0.857 bits per heavy atom. The van der Waals surface area contributed by atoms with Crippen molar-refractivity contribution in [2.24, 2.45) is 46.3 Å². The van der Waals surface area contributed by atoms with E-state index in [-0.39, 0.29) is 35.5 Å². The topological polar surface area (TPSA) is 52.6 Å². The van der Waals surface area contributed by atoms with E-state index in [2.05, 4.69) is 40.7 Å². The number of fused-ring (bicyclic) bond motifs is 5. The molecule has 0 heterocycles. The molecule has 0 bridgehead atoms. The minimum atomic E-state index is -0.196. The molecular formula is C31H50O4. The highest BCUT2D eigenvalue weighted by atomic mass is 16.5. The molecule has 0 amide bonds. The number of allylic oxidation sites excluding steroid dienone is 2. The summed E-state index contributed by atoms with van der Waals surface area (Å²) in [5.41, 5.74) is 2.13. The minimum Gasteiger partial charge on any atom is -0.463 e. The second-order valence-corrected chi connectivity index (χ2v) is 13.5. The number of hydrogen-bond donors (Lipinski definition) is 0. The van der Waals surface area contributed by atoms with Crippen LogP contribution in [0.3, 0.4) is 0 Å². The second kappa shape index (κ2) is 10.2. The quantitative estimate of drug-likeness (QED) is 0.288. The molecule has 4 aliphatic carbocycles. The fourth-order valence-electron chi connectivity index (χ4n) is 9.45. The number of rotatable bonds is 6. The molecule has 0 N–H and O–H groups in total. The SMILES string of the molecule is CC(=O)O[C@H]1CC[C@@]2(C)[C@H](C1)[C@@H](OC(C)=O)C[C@@H]1[C@@H]2CC[C@]2(C)[C@@H](/C(C)=C\CCC(C)C)CC[C@@H]12. The van der Waals surface area contributed by atoms with E-state index >= 15 is 0 Å². The zero-order chi connectivity index (χ0) is 25.5. The molecule has 9 atom stereocenters. The van der Waals surface area contributed by atoms with Crippen LogP contribution in [-0.2, 0) is 19.1 Å². The van der Waals surface area contributed by atoms with Gasteiger partial charge in [0.2, 0.25) is 0 Å². The lowest BCUT2D eigenvalue weighted by atomic mass is 9.44. The average molecular weight is 487 g/mol. The summed E-state index contributed by atoms with van der Waals surface area (Å²) in [6.07, 6.45) is 13.9. The third-order valence-electron chi connectivity index (χ3n) is 11.0. The maximum absolute atomic E-state index is 12.2. The normalized spacial score (nSPS) is 43.2. The Labute approximate surface area is 214 Å². The summed E-state index contributed by atoms with van der Waals surface area (Å²) in [5, 5.41) is 0. The second-order valence-electron chi connectivity index (χ2n) is 13.5. The van der Waals surface area contributed by atoms with Crippen molar-refractivity contribution in [2.45, 2.75) is 125 Å². The number of ether oxygens (including phenoxy) is 2. The van der Waals surface area contributed by atoms with Crippen molar-refractivity contribution in [3.05, 3.63) is 11.6 Å². The highest BCUT2D eigenvalue weighted by Gasteiger charge is 2.63. The zero-order valence-electron chi connectivity index (χ0n) is 23.4. The van der Waals surface area contributed by atoms with E-state index in [1.165, 1.54) is 45.4 Å². The number of esters is 2. The van der Waals surface area contributed by atoms with Gasteiger partial charge in [-0.2, -0.15) is 0 Å². The van der Waals surface area contributed by atoms with Gasteiger partial charge in [0.1, 0.15) is 12.2 Å². The number of carbonyl (C=O) groups excluding carboxylic acids is 2. The first-order valence-electron chi connectivity index (χ1n) is 14.5. The van der Waals surface area contributed by atoms with Crippen LogP contribution < -0.4 is 0 Å². The van der Waals surface area contributed by atoms with E-state index in [1.54, 1.807) is 12.5 Å². The Bertz CT molecular complexity index is 830. The Hall–Kier alpha value is -1.32. The lowest BCUT2D eigenvalue weighted by Crippen LogP contribution is -2.59. The summed E-state index contributed by atoms with van der Waals surface area (Å²) < 4.78 is 11.7. The van der Waals surface area contributed by atoms with E-state index in [0.717, 1.165) is 31.6 Å². The third-order valence-corrected chi connectivity index (χ3v) is 11.0. The third kappa shape index (κ3) is 5.10. The molecule has 4 aliphatic rings. The predicted molar refractivity (Wildman–Crippen MR) is 140 cm³/mol. The van der Waals surface area contributed by atoms with Crippen LogP contribution in [0.5, 0.6) is 0 Å². The summed E-state index contributed by atoms with van der Waals surface area (Å²) in [7, 11) is 0. The van der Waals surface area contributed by atoms with Crippen molar-refractivity contribution in [1.29, 1.82) is 0 Å². The summed E-state index contributed by atoms with van der Waals surface area (Å²) in [5.74, 6) is 3.38. The average Bonchev–Trinajstić information content (AvgIpc) is 3.11. The number of hydrogen-bond acceptors (Lipinski definition) is 4. The molecule has 4 heteroatoms. The van der Waals surface area contributed by atoms with Crippen LogP contribution >= 0.6 is 0 Å². The maximum Gasteiger partial charge on any atom is 0.302 e. The molecule has 35 heavy (non-hydrogen) atoms. The summed E-state index contributed by atoms with van der Waals surface area (Å²) >= 11 is 0. The molecule has 4 fully saturated rings. The van der Waals surface area contributed by atoms with Crippen molar-refractivity contribution in [3.63, 3.8) is 0 Å². The lowest BCUT2D eigenvalue weighted by molar-refractivity contribution is -0.196. The van der Waals surface area contributed by atoms with E-state index in [0.29, 0.717) is 29.1 Å². The van der Waals surface area contributed by atoms with Gasteiger partial charge in [0.05, 0.1) is 0 Å². The van der Waals surface area contributed by atoms with Gasteiger partial charge in [-0.05, 0) is 112 Å². The van der Waals surface area contributed by atoms with Gasteiger partial charge in [0.15, 0.2) is 0 Å². The summed E-state index contributed by atoms with van der Waals surface area (Å²) in [6, 6.07) is 0. The van der Waals surface area contributed by atoms with Crippen LogP contribution in [0.25, 0.3) is 0 Å². The van der Waals surface area contributed by atoms with Gasteiger partial charge in [-0.15, -0.1) is 0 Å². The minimum absolute atomic E-state index is 0.0384. The van der Waals surface area contributed by atoms with Crippen molar-refractivity contribution in [1.82, 2.24) is 0 Å². The van der Waals surface area contributed by atoms with Gasteiger partial charge in [-0.25, -0.2) is 0 Å². The molecule has 0 radical (unpaired) electrons. The molecule has 0 saturated heterocycles. The Kier molecular flexibility index (Phi) is 7.80. The Morgan fingerprint density at radius 3 is 2.17 bits per heavy atom. The van der Waals surface area contributed by atoms with Crippen LogP contribution in [0.2, 0.25) is 0 Å². The molecule has 0 unspecified atom stereocenters. The Morgan fingerprint density at radius 2 is 1.51 bits per heavy atom.